The number of hydrogen-bond acceptors (Lipinski definition) is 5. The number of rotatable bonds is 5. The van der Waals surface area contributed by atoms with E-state index in [9.17, 15) is 9.59 Å². The zero-order chi connectivity index (χ0) is 18.8. The number of benzene rings is 1. The number of amides is 1. The Morgan fingerprint density at radius 3 is 2.65 bits per heavy atom. The van der Waals surface area contributed by atoms with E-state index in [4.69, 9.17) is 37.8 Å². The van der Waals surface area contributed by atoms with E-state index < -0.39 is 17.8 Å². The van der Waals surface area contributed by atoms with Gasteiger partial charge < -0.3 is 19.9 Å². The Labute approximate surface area is 158 Å². The molecule has 1 unspecified atom stereocenters. The van der Waals surface area contributed by atoms with Crippen molar-refractivity contribution in [3.8, 4) is 11.5 Å². The van der Waals surface area contributed by atoms with Crippen molar-refractivity contribution in [1.29, 1.82) is 0 Å². The van der Waals surface area contributed by atoms with Crippen molar-refractivity contribution in [2.45, 2.75) is 12.3 Å². The normalized spacial score (nSPS) is 15.1. The summed E-state index contributed by atoms with van der Waals surface area (Å²) in [5, 5.41) is 12.2. The third-order valence-electron chi connectivity index (χ3n) is 3.97. The lowest BCUT2D eigenvalue weighted by molar-refractivity contribution is -0.137. The first kappa shape index (κ1) is 18.3. The molecule has 0 aliphatic carbocycles. The van der Waals surface area contributed by atoms with Gasteiger partial charge in [0, 0.05) is 29.4 Å². The first-order valence-corrected chi connectivity index (χ1v) is 8.33. The molecule has 0 saturated carbocycles. The lowest BCUT2D eigenvalue weighted by Crippen LogP contribution is -2.17. The molecule has 26 heavy (non-hydrogen) atoms. The van der Waals surface area contributed by atoms with Crippen LogP contribution in [0.4, 0.5) is 5.69 Å². The molecule has 1 atom stereocenters. The van der Waals surface area contributed by atoms with Crippen LogP contribution in [0, 0.1) is 0 Å². The fraction of sp³-hybridized carbons (Fsp3) is 0.235. The second-order valence-electron chi connectivity index (χ2n) is 5.60. The minimum Gasteiger partial charge on any atom is -0.493 e. The topological polar surface area (TPSA) is 97.8 Å². The smallest absolute Gasteiger partial charge is 0.304 e. The highest BCUT2D eigenvalue weighted by Gasteiger charge is 2.34. The van der Waals surface area contributed by atoms with Crippen LogP contribution in [0.25, 0.3) is 0 Å². The van der Waals surface area contributed by atoms with Gasteiger partial charge in [-0.2, -0.15) is 0 Å². The van der Waals surface area contributed by atoms with E-state index in [0.717, 1.165) is 0 Å². The predicted octanol–water partition coefficient (Wildman–Crippen LogP) is 3.60. The number of ether oxygens (including phenoxy) is 2. The molecule has 1 aliphatic rings. The third kappa shape index (κ3) is 3.40. The van der Waals surface area contributed by atoms with Crippen molar-refractivity contribution >= 4 is 40.8 Å². The van der Waals surface area contributed by atoms with Crippen molar-refractivity contribution in [1.82, 2.24) is 4.98 Å². The van der Waals surface area contributed by atoms with Crippen LogP contribution in [-0.4, -0.2) is 35.7 Å². The van der Waals surface area contributed by atoms with Crippen LogP contribution >= 0.6 is 23.2 Å². The molecule has 2 N–H and O–H groups in total. The highest BCUT2D eigenvalue weighted by molar-refractivity contribution is 6.39. The predicted molar refractivity (Wildman–Crippen MR) is 95.7 cm³/mol. The van der Waals surface area contributed by atoms with Gasteiger partial charge in [-0.15, -0.1) is 0 Å². The Kier molecular flexibility index (Phi) is 5.20. The van der Waals surface area contributed by atoms with Gasteiger partial charge in [-0.3, -0.25) is 14.6 Å². The van der Waals surface area contributed by atoms with Crippen LogP contribution < -0.4 is 14.8 Å². The Morgan fingerprint density at radius 1 is 1.35 bits per heavy atom. The summed E-state index contributed by atoms with van der Waals surface area (Å²) in [7, 11) is 1.47. The number of carbonyl (C=O) groups is 2. The van der Waals surface area contributed by atoms with Gasteiger partial charge in [-0.05, 0) is 12.1 Å². The van der Waals surface area contributed by atoms with Gasteiger partial charge in [0.25, 0.3) is 5.91 Å². The maximum absolute atomic E-state index is 12.8. The Hall–Kier alpha value is -2.51. The van der Waals surface area contributed by atoms with Crippen LogP contribution in [0.2, 0.25) is 10.0 Å². The summed E-state index contributed by atoms with van der Waals surface area (Å²) < 4.78 is 10.8. The number of carboxylic acids is 1. The van der Waals surface area contributed by atoms with E-state index in [-0.39, 0.29) is 34.3 Å². The van der Waals surface area contributed by atoms with Crippen LogP contribution in [0.15, 0.2) is 24.5 Å². The molecule has 0 saturated heterocycles. The number of nitrogens with zero attached hydrogens (tertiary/aromatic N) is 1. The molecule has 2 heterocycles. The molecule has 9 heteroatoms. The van der Waals surface area contributed by atoms with Crippen LogP contribution in [0.5, 0.6) is 11.5 Å². The van der Waals surface area contributed by atoms with Gasteiger partial charge in [0.1, 0.15) is 0 Å². The van der Waals surface area contributed by atoms with Crippen molar-refractivity contribution < 1.29 is 24.2 Å². The van der Waals surface area contributed by atoms with Crippen molar-refractivity contribution in [2.24, 2.45) is 0 Å². The maximum atomic E-state index is 12.8. The lowest BCUT2D eigenvalue weighted by atomic mass is 9.92. The second kappa shape index (κ2) is 7.39. The number of nitrogens with one attached hydrogen (secondary N) is 1. The number of methoxy groups -OCH3 is 1. The summed E-state index contributed by atoms with van der Waals surface area (Å²) >= 11 is 12.1. The average Bonchev–Trinajstić information content (AvgIpc) is 3.00. The Bertz CT molecular complexity index is 867. The molecule has 1 aromatic heterocycles. The molecule has 1 aromatic carbocycles. The zero-order valence-corrected chi connectivity index (χ0v) is 15.1. The zero-order valence-electron chi connectivity index (χ0n) is 13.6. The highest BCUT2D eigenvalue weighted by atomic mass is 35.5. The number of anilines is 1. The van der Waals surface area contributed by atoms with Gasteiger partial charge in [-0.1, -0.05) is 23.2 Å². The number of halogens is 2. The second-order valence-corrected chi connectivity index (χ2v) is 6.41. The Balaban J connectivity index is 2.01. The number of fused-ring (bicyclic) bond motifs is 1. The standard InChI is InChI=1S/C17H14Cl2N2O5/c1-25-12-3-2-9(14-8(4-13(22)23)7-26-16(12)14)17(24)21-15-10(18)5-20-6-11(15)19/h2-3,5-6,8H,4,7H2,1H3,(H,22,23)(H,20,21,24). The van der Waals surface area contributed by atoms with Crippen LogP contribution in [0.1, 0.15) is 28.3 Å². The molecule has 3 rings (SSSR count). The quantitative estimate of drug-likeness (QED) is 0.800. The molecule has 0 bridgehead atoms. The summed E-state index contributed by atoms with van der Waals surface area (Å²) in [6.45, 7) is 0.152. The lowest BCUT2D eigenvalue weighted by Gasteiger charge is -2.14. The number of aromatic nitrogens is 1. The van der Waals surface area contributed by atoms with E-state index in [1.807, 2.05) is 0 Å². The molecular formula is C17H14Cl2N2O5. The highest BCUT2D eigenvalue weighted by Crippen LogP contribution is 2.45. The van der Waals surface area contributed by atoms with E-state index >= 15 is 0 Å². The molecular weight excluding hydrogens is 383 g/mol. The first-order valence-electron chi connectivity index (χ1n) is 7.58. The fourth-order valence-electron chi connectivity index (χ4n) is 2.84. The third-order valence-corrected chi connectivity index (χ3v) is 4.55. The number of aliphatic carboxylic acids is 1. The monoisotopic (exact) mass is 396 g/mol. The summed E-state index contributed by atoms with van der Waals surface area (Å²) in [5.74, 6) is -1.13. The number of carbonyl (C=O) groups excluding carboxylic acids is 1. The summed E-state index contributed by atoms with van der Waals surface area (Å²) in [6.07, 6.45) is 2.55. The van der Waals surface area contributed by atoms with Crippen LogP contribution in [-0.2, 0) is 4.79 Å². The average molecular weight is 397 g/mol. The molecule has 1 aliphatic heterocycles. The van der Waals surface area contributed by atoms with Gasteiger partial charge >= 0.3 is 5.97 Å². The molecule has 2 aromatic rings. The number of pyridine rings is 1. The largest absolute Gasteiger partial charge is 0.493 e. The summed E-state index contributed by atoms with van der Waals surface area (Å²) in [6, 6.07) is 3.15. The Morgan fingerprint density at radius 2 is 2.04 bits per heavy atom. The van der Waals surface area contributed by atoms with Crippen LogP contribution in [0.3, 0.4) is 0 Å². The first-order chi connectivity index (χ1) is 12.4. The van der Waals surface area contributed by atoms with E-state index in [0.29, 0.717) is 17.1 Å². The van der Waals surface area contributed by atoms with Crippen molar-refractivity contribution in [3.05, 3.63) is 45.7 Å². The minimum absolute atomic E-state index is 0.152. The van der Waals surface area contributed by atoms with Gasteiger partial charge in [0.2, 0.25) is 0 Å². The molecule has 7 nitrogen and oxygen atoms in total. The maximum Gasteiger partial charge on any atom is 0.304 e. The van der Waals surface area contributed by atoms with Gasteiger partial charge in [0.05, 0.1) is 35.9 Å². The van der Waals surface area contributed by atoms with Gasteiger partial charge in [-0.25, -0.2) is 0 Å². The van der Waals surface area contributed by atoms with Crippen molar-refractivity contribution in [2.75, 3.05) is 19.0 Å². The van der Waals surface area contributed by atoms with E-state index in [1.54, 1.807) is 12.1 Å². The molecule has 1 amide bonds. The van der Waals surface area contributed by atoms with Crippen molar-refractivity contribution in [3.63, 3.8) is 0 Å². The summed E-state index contributed by atoms with van der Waals surface area (Å²) in [4.78, 5) is 27.8. The van der Waals surface area contributed by atoms with E-state index in [2.05, 4.69) is 10.3 Å². The number of carboxylic acid groups (broad SMARTS) is 1. The van der Waals surface area contributed by atoms with E-state index in [1.165, 1.54) is 19.5 Å². The molecule has 0 spiro atoms. The molecule has 136 valence electrons. The molecule has 0 radical (unpaired) electrons. The fourth-order valence-corrected chi connectivity index (χ4v) is 3.30. The van der Waals surface area contributed by atoms with Gasteiger partial charge in [0.15, 0.2) is 11.5 Å². The minimum atomic E-state index is -0.985. The summed E-state index contributed by atoms with van der Waals surface area (Å²) in [5.41, 5.74) is 0.991. The SMILES string of the molecule is COc1ccc(C(=O)Nc2c(Cl)cncc2Cl)c2c1OCC2CC(=O)O. The molecule has 0 fully saturated rings. The number of hydrogen-bond donors (Lipinski definition) is 2.